The standard InChI is InChI=1S/C15H12ClNO2/c16-13-7-10(15(18)19)5-6-14(13)17-8-11-3-1-2-4-12(11)9-17/h1-7H,8-9H2,(H,18,19). The van der Waals surface area contributed by atoms with Crippen molar-refractivity contribution < 1.29 is 9.90 Å². The summed E-state index contributed by atoms with van der Waals surface area (Å²) < 4.78 is 0. The maximum Gasteiger partial charge on any atom is 0.335 e. The molecule has 0 bridgehead atoms. The first kappa shape index (κ1) is 12.1. The van der Waals surface area contributed by atoms with Crippen molar-refractivity contribution in [3.05, 3.63) is 64.2 Å². The lowest BCUT2D eigenvalue weighted by Crippen LogP contribution is -2.15. The Morgan fingerprint density at radius 1 is 1.11 bits per heavy atom. The molecule has 4 heteroatoms. The van der Waals surface area contributed by atoms with Gasteiger partial charge in [0.25, 0.3) is 0 Å². The Morgan fingerprint density at radius 3 is 2.26 bits per heavy atom. The molecular formula is C15H12ClNO2. The summed E-state index contributed by atoms with van der Waals surface area (Å²) in [7, 11) is 0. The molecule has 0 atom stereocenters. The smallest absolute Gasteiger partial charge is 0.335 e. The topological polar surface area (TPSA) is 40.5 Å². The molecule has 0 spiro atoms. The molecule has 0 fully saturated rings. The number of hydrogen-bond donors (Lipinski definition) is 1. The zero-order chi connectivity index (χ0) is 13.4. The van der Waals surface area contributed by atoms with E-state index in [0.717, 1.165) is 18.8 Å². The lowest BCUT2D eigenvalue weighted by Gasteiger charge is -2.19. The SMILES string of the molecule is O=C(O)c1ccc(N2Cc3ccccc3C2)c(Cl)c1. The molecular weight excluding hydrogens is 262 g/mol. The summed E-state index contributed by atoms with van der Waals surface area (Å²) in [6.07, 6.45) is 0. The average molecular weight is 274 g/mol. The van der Waals surface area contributed by atoms with Crippen molar-refractivity contribution in [2.75, 3.05) is 4.90 Å². The molecule has 19 heavy (non-hydrogen) atoms. The molecule has 96 valence electrons. The molecule has 1 aliphatic heterocycles. The van der Waals surface area contributed by atoms with Gasteiger partial charge >= 0.3 is 5.97 Å². The summed E-state index contributed by atoms with van der Waals surface area (Å²) in [5.74, 6) is -0.960. The van der Waals surface area contributed by atoms with Crippen molar-refractivity contribution in [3.63, 3.8) is 0 Å². The molecule has 3 rings (SSSR count). The maximum absolute atomic E-state index is 10.9. The molecule has 2 aromatic rings. The van der Waals surface area contributed by atoms with Crippen molar-refractivity contribution in [3.8, 4) is 0 Å². The number of nitrogens with zero attached hydrogens (tertiary/aromatic N) is 1. The molecule has 1 N–H and O–H groups in total. The van der Waals surface area contributed by atoms with Gasteiger partial charge in [-0.05, 0) is 29.3 Å². The van der Waals surface area contributed by atoms with E-state index >= 15 is 0 Å². The van der Waals surface area contributed by atoms with E-state index in [1.807, 2.05) is 12.1 Å². The molecule has 1 heterocycles. The Balaban J connectivity index is 1.91. The van der Waals surface area contributed by atoms with E-state index < -0.39 is 5.97 Å². The van der Waals surface area contributed by atoms with Crippen LogP contribution in [0.25, 0.3) is 0 Å². The summed E-state index contributed by atoms with van der Waals surface area (Å²) in [5.41, 5.74) is 3.68. The molecule has 0 radical (unpaired) electrons. The van der Waals surface area contributed by atoms with E-state index in [1.165, 1.54) is 17.2 Å². The molecule has 0 unspecified atom stereocenters. The summed E-state index contributed by atoms with van der Waals surface area (Å²) in [6.45, 7) is 1.62. The number of carboxylic acid groups (broad SMARTS) is 1. The van der Waals surface area contributed by atoms with Crippen molar-refractivity contribution in [2.24, 2.45) is 0 Å². The van der Waals surface area contributed by atoms with Gasteiger partial charge in [0, 0.05) is 13.1 Å². The van der Waals surface area contributed by atoms with Gasteiger partial charge < -0.3 is 10.0 Å². The first-order valence-electron chi connectivity index (χ1n) is 6.00. The number of rotatable bonds is 2. The highest BCUT2D eigenvalue weighted by Gasteiger charge is 2.20. The monoisotopic (exact) mass is 273 g/mol. The van der Waals surface area contributed by atoms with Gasteiger partial charge in [-0.1, -0.05) is 35.9 Å². The third-order valence-electron chi connectivity index (χ3n) is 3.38. The van der Waals surface area contributed by atoms with E-state index in [-0.39, 0.29) is 5.56 Å². The van der Waals surface area contributed by atoms with Gasteiger partial charge in [-0.15, -0.1) is 0 Å². The van der Waals surface area contributed by atoms with E-state index in [9.17, 15) is 4.79 Å². The number of carbonyl (C=O) groups is 1. The molecule has 1 aliphatic rings. The Kier molecular flexibility index (Phi) is 2.91. The van der Waals surface area contributed by atoms with Gasteiger partial charge in [-0.3, -0.25) is 0 Å². The molecule has 0 aromatic heterocycles. The highest BCUT2D eigenvalue weighted by Crippen LogP contribution is 2.33. The van der Waals surface area contributed by atoms with Crippen molar-refractivity contribution in [1.29, 1.82) is 0 Å². The molecule has 3 nitrogen and oxygen atoms in total. The Morgan fingerprint density at radius 2 is 1.74 bits per heavy atom. The fourth-order valence-corrected chi connectivity index (χ4v) is 2.70. The Bertz CT molecular complexity index is 629. The highest BCUT2D eigenvalue weighted by atomic mass is 35.5. The predicted molar refractivity (Wildman–Crippen MR) is 74.7 cm³/mol. The van der Waals surface area contributed by atoms with Crippen LogP contribution in [0.5, 0.6) is 0 Å². The Labute approximate surface area is 116 Å². The minimum Gasteiger partial charge on any atom is -0.478 e. The van der Waals surface area contributed by atoms with E-state index in [1.54, 1.807) is 12.1 Å². The van der Waals surface area contributed by atoms with E-state index in [2.05, 4.69) is 17.0 Å². The zero-order valence-electron chi connectivity index (χ0n) is 10.1. The van der Waals surface area contributed by atoms with E-state index in [0.29, 0.717) is 5.02 Å². The maximum atomic E-state index is 10.9. The Hall–Kier alpha value is -2.00. The number of halogens is 1. The third-order valence-corrected chi connectivity index (χ3v) is 3.68. The molecule has 0 saturated carbocycles. The van der Waals surface area contributed by atoms with Crippen LogP contribution < -0.4 is 4.90 Å². The molecule has 2 aromatic carbocycles. The van der Waals surface area contributed by atoms with Gasteiger partial charge in [-0.2, -0.15) is 0 Å². The lowest BCUT2D eigenvalue weighted by molar-refractivity contribution is 0.0697. The second-order valence-corrected chi connectivity index (χ2v) is 5.00. The summed E-state index contributed by atoms with van der Waals surface area (Å²) in [5, 5.41) is 9.41. The largest absolute Gasteiger partial charge is 0.478 e. The summed E-state index contributed by atoms with van der Waals surface area (Å²) in [6, 6.07) is 13.1. The van der Waals surface area contributed by atoms with Crippen molar-refractivity contribution >= 4 is 23.3 Å². The van der Waals surface area contributed by atoms with Crippen LogP contribution in [-0.2, 0) is 13.1 Å². The minimum atomic E-state index is -0.960. The van der Waals surface area contributed by atoms with Crippen LogP contribution in [-0.4, -0.2) is 11.1 Å². The van der Waals surface area contributed by atoms with Crippen LogP contribution in [0.1, 0.15) is 21.5 Å². The fraction of sp³-hybridized carbons (Fsp3) is 0.133. The number of fused-ring (bicyclic) bond motifs is 1. The minimum absolute atomic E-state index is 0.213. The first-order chi connectivity index (χ1) is 9.15. The number of anilines is 1. The van der Waals surface area contributed by atoms with Crippen LogP contribution in [0.2, 0.25) is 5.02 Å². The van der Waals surface area contributed by atoms with Crippen molar-refractivity contribution in [2.45, 2.75) is 13.1 Å². The van der Waals surface area contributed by atoms with Gasteiger partial charge in [0.2, 0.25) is 0 Å². The number of benzene rings is 2. The number of carboxylic acids is 1. The van der Waals surface area contributed by atoms with Crippen LogP contribution in [0.15, 0.2) is 42.5 Å². The van der Waals surface area contributed by atoms with Gasteiger partial charge in [0.15, 0.2) is 0 Å². The van der Waals surface area contributed by atoms with Gasteiger partial charge in [0.05, 0.1) is 16.3 Å². The number of aromatic carboxylic acids is 1. The van der Waals surface area contributed by atoms with Crippen LogP contribution in [0.3, 0.4) is 0 Å². The van der Waals surface area contributed by atoms with Crippen LogP contribution >= 0.6 is 11.6 Å². The lowest BCUT2D eigenvalue weighted by atomic mass is 10.1. The molecule has 0 aliphatic carbocycles. The summed E-state index contributed by atoms with van der Waals surface area (Å²) >= 11 is 6.19. The van der Waals surface area contributed by atoms with Gasteiger partial charge in [-0.25, -0.2) is 4.79 Å². The van der Waals surface area contributed by atoms with Crippen LogP contribution in [0.4, 0.5) is 5.69 Å². The molecule has 0 amide bonds. The second kappa shape index (κ2) is 4.59. The normalized spacial score (nSPS) is 13.4. The number of hydrogen-bond acceptors (Lipinski definition) is 2. The van der Waals surface area contributed by atoms with Gasteiger partial charge in [0.1, 0.15) is 0 Å². The first-order valence-corrected chi connectivity index (χ1v) is 6.37. The average Bonchev–Trinajstić information content (AvgIpc) is 2.81. The van der Waals surface area contributed by atoms with Crippen LogP contribution in [0, 0.1) is 0 Å². The second-order valence-electron chi connectivity index (χ2n) is 4.60. The molecule has 0 saturated heterocycles. The van der Waals surface area contributed by atoms with Crippen molar-refractivity contribution in [1.82, 2.24) is 0 Å². The fourth-order valence-electron chi connectivity index (χ4n) is 2.40. The zero-order valence-corrected chi connectivity index (χ0v) is 10.9. The predicted octanol–water partition coefficient (Wildman–Crippen LogP) is 3.56. The quantitative estimate of drug-likeness (QED) is 0.909. The van der Waals surface area contributed by atoms with E-state index in [4.69, 9.17) is 16.7 Å². The third kappa shape index (κ3) is 2.17. The highest BCUT2D eigenvalue weighted by molar-refractivity contribution is 6.33. The summed E-state index contributed by atoms with van der Waals surface area (Å²) in [4.78, 5) is 13.0.